The van der Waals surface area contributed by atoms with Crippen LogP contribution in [0.3, 0.4) is 0 Å². The molecule has 2 heterocycles. The number of amides is 2. The molecule has 3 rings (SSSR count). The van der Waals surface area contributed by atoms with E-state index in [4.69, 9.17) is 9.47 Å². The standard InChI is InChI=1S/C17H24N2O3/c1-13-3-5-15(6-4-13)16-11-19(14(2)12-22-16)17(20)18-7-9-21-10-8-18/h3-6,14,16H,7-12H2,1-2H3. The van der Waals surface area contributed by atoms with Crippen LogP contribution < -0.4 is 0 Å². The molecule has 0 aliphatic carbocycles. The van der Waals surface area contributed by atoms with Crippen molar-refractivity contribution in [2.24, 2.45) is 0 Å². The molecule has 2 unspecified atom stereocenters. The molecule has 0 aromatic heterocycles. The van der Waals surface area contributed by atoms with E-state index < -0.39 is 0 Å². The summed E-state index contributed by atoms with van der Waals surface area (Å²) in [5.74, 6) is 0. The molecule has 2 atom stereocenters. The lowest BCUT2D eigenvalue weighted by atomic mass is 10.0. The highest BCUT2D eigenvalue weighted by Crippen LogP contribution is 2.26. The maximum atomic E-state index is 12.7. The number of carbonyl (C=O) groups excluding carboxylic acids is 1. The second-order valence-corrected chi connectivity index (χ2v) is 6.12. The number of morpholine rings is 2. The SMILES string of the molecule is Cc1ccc(C2CN(C(=O)N3CCOCC3)C(C)CO2)cc1. The number of hydrogen-bond donors (Lipinski definition) is 0. The number of urea groups is 1. The van der Waals surface area contributed by atoms with Crippen LogP contribution in [0.15, 0.2) is 24.3 Å². The number of hydrogen-bond acceptors (Lipinski definition) is 3. The second kappa shape index (κ2) is 6.67. The minimum Gasteiger partial charge on any atom is -0.378 e. The first kappa shape index (κ1) is 15.3. The molecule has 5 nitrogen and oxygen atoms in total. The average Bonchev–Trinajstić information content (AvgIpc) is 2.56. The highest BCUT2D eigenvalue weighted by Gasteiger charge is 2.33. The van der Waals surface area contributed by atoms with Gasteiger partial charge in [-0.1, -0.05) is 29.8 Å². The lowest BCUT2D eigenvalue weighted by Gasteiger charge is -2.41. The van der Waals surface area contributed by atoms with Gasteiger partial charge in [0.15, 0.2) is 0 Å². The van der Waals surface area contributed by atoms with Gasteiger partial charge in [0.2, 0.25) is 0 Å². The topological polar surface area (TPSA) is 42.0 Å². The van der Waals surface area contributed by atoms with E-state index in [0.717, 1.165) is 5.56 Å². The Morgan fingerprint density at radius 1 is 1.18 bits per heavy atom. The van der Waals surface area contributed by atoms with Gasteiger partial charge in [0.25, 0.3) is 0 Å². The normalized spacial score (nSPS) is 26.1. The number of benzene rings is 1. The van der Waals surface area contributed by atoms with Crippen molar-refractivity contribution in [1.82, 2.24) is 9.80 Å². The number of carbonyl (C=O) groups is 1. The van der Waals surface area contributed by atoms with E-state index in [-0.39, 0.29) is 18.2 Å². The molecule has 2 amide bonds. The van der Waals surface area contributed by atoms with Crippen LogP contribution in [-0.2, 0) is 9.47 Å². The summed E-state index contributed by atoms with van der Waals surface area (Å²) >= 11 is 0. The fourth-order valence-corrected chi connectivity index (χ4v) is 2.94. The molecule has 0 radical (unpaired) electrons. The zero-order valence-corrected chi connectivity index (χ0v) is 13.3. The number of aryl methyl sites for hydroxylation is 1. The third-order valence-corrected chi connectivity index (χ3v) is 4.41. The molecule has 0 spiro atoms. The molecule has 120 valence electrons. The highest BCUT2D eigenvalue weighted by atomic mass is 16.5. The monoisotopic (exact) mass is 304 g/mol. The van der Waals surface area contributed by atoms with E-state index in [2.05, 4.69) is 31.2 Å². The molecule has 2 aliphatic rings. The van der Waals surface area contributed by atoms with E-state index >= 15 is 0 Å². The maximum Gasteiger partial charge on any atom is 0.320 e. The van der Waals surface area contributed by atoms with Crippen LogP contribution in [-0.4, -0.2) is 61.3 Å². The van der Waals surface area contributed by atoms with Crippen LogP contribution >= 0.6 is 0 Å². The maximum absolute atomic E-state index is 12.7. The van der Waals surface area contributed by atoms with Crippen LogP contribution in [0.4, 0.5) is 4.79 Å². The molecule has 1 aromatic rings. The molecular weight excluding hydrogens is 280 g/mol. The van der Waals surface area contributed by atoms with E-state index in [0.29, 0.717) is 39.5 Å². The predicted octanol–water partition coefficient (Wildman–Crippen LogP) is 2.21. The van der Waals surface area contributed by atoms with Gasteiger partial charge in [-0.25, -0.2) is 4.79 Å². The first-order valence-corrected chi connectivity index (χ1v) is 7.96. The molecular formula is C17H24N2O3. The Morgan fingerprint density at radius 3 is 2.55 bits per heavy atom. The van der Waals surface area contributed by atoms with Crippen LogP contribution in [0.1, 0.15) is 24.2 Å². The van der Waals surface area contributed by atoms with Crippen molar-refractivity contribution in [3.05, 3.63) is 35.4 Å². The third-order valence-electron chi connectivity index (χ3n) is 4.41. The summed E-state index contributed by atoms with van der Waals surface area (Å²) in [5, 5.41) is 0. The Kier molecular flexibility index (Phi) is 4.64. The lowest BCUT2D eigenvalue weighted by molar-refractivity contribution is -0.0520. The van der Waals surface area contributed by atoms with Gasteiger partial charge in [-0.3, -0.25) is 0 Å². The lowest BCUT2D eigenvalue weighted by Crippen LogP contribution is -2.55. The summed E-state index contributed by atoms with van der Waals surface area (Å²) in [4.78, 5) is 16.6. The number of nitrogens with zero attached hydrogens (tertiary/aromatic N) is 2. The smallest absolute Gasteiger partial charge is 0.320 e. The Hall–Kier alpha value is -1.59. The Labute approximate surface area is 131 Å². The van der Waals surface area contributed by atoms with Crippen molar-refractivity contribution in [3.8, 4) is 0 Å². The fraction of sp³-hybridized carbons (Fsp3) is 0.588. The van der Waals surface area contributed by atoms with Gasteiger partial charge in [-0.05, 0) is 19.4 Å². The Balaban J connectivity index is 1.70. The van der Waals surface area contributed by atoms with E-state index in [1.54, 1.807) is 0 Å². The average molecular weight is 304 g/mol. The van der Waals surface area contributed by atoms with Crippen LogP contribution in [0.25, 0.3) is 0 Å². The number of ether oxygens (including phenoxy) is 2. The molecule has 22 heavy (non-hydrogen) atoms. The zero-order chi connectivity index (χ0) is 15.5. The first-order chi connectivity index (χ1) is 10.6. The van der Waals surface area contributed by atoms with Gasteiger partial charge in [-0.2, -0.15) is 0 Å². The Morgan fingerprint density at radius 2 is 1.86 bits per heavy atom. The molecule has 2 aliphatic heterocycles. The summed E-state index contributed by atoms with van der Waals surface area (Å²) in [6.45, 7) is 7.93. The van der Waals surface area contributed by atoms with Gasteiger partial charge in [0.05, 0.1) is 32.4 Å². The summed E-state index contributed by atoms with van der Waals surface area (Å²) < 4.78 is 11.3. The third kappa shape index (κ3) is 3.25. The summed E-state index contributed by atoms with van der Waals surface area (Å²) in [6, 6.07) is 8.57. The predicted molar refractivity (Wildman–Crippen MR) is 83.8 cm³/mol. The molecule has 0 saturated carbocycles. The second-order valence-electron chi connectivity index (χ2n) is 6.12. The summed E-state index contributed by atoms with van der Waals surface area (Å²) in [5.41, 5.74) is 2.37. The van der Waals surface area contributed by atoms with Gasteiger partial charge in [0, 0.05) is 13.1 Å². The quantitative estimate of drug-likeness (QED) is 0.799. The Bertz CT molecular complexity index is 511. The van der Waals surface area contributed by atoms with Crippen molar-refractivity contribution in [3.63, 3.8) is 0 Å². The van der Waals surface area contributed by atoms with Crippen LogP contribution in [0.5, 0.6) is 0 Å². The van der Waals surface area contributed by atoms with Gasteiger partial charge >= 0.3 is 6.03 Å². The van der Waals surface area contributed by atoms with Crippen molar-refractivity contribution in [1.29, 1.82) is 0 Å². The minimum atomic E-state index is -0.0400. The molecule has 5 heteroatoms. The van der Waals surface area contributed by atoms with Crippen molar-refractivity contribution < 1.29 is 14.3 Å². The molecule has 1 aromatic carbocycles. The summed E-state index contributed by atoms with van der Waals surface area (Å²) in [7, 11) is 0. The van der Waals surface area contributed by atoms with Gasteiger partial charge in [0.1, 0.15) is 6.10 Å². The molecule has 2 fully saturated rings. The first-order valence-electron chi connectivity index (χ1n) is 7.96. The van der Waals surface area contributed by atoms with Crippen LogP contribution in [0.2, 0.25) is 0 Å². The van der Waals surface area contributed by atoms with Gasteiger partial charge < -0.3 is 19.3 Å². The minimum absolute atomic E-state index is 0.0400. The van der Waals surface area contributed by atoms with E-state index in [9.17, 15) is 4.79 Å². The van der Waals surface area contributed by atoms with E-state index in [1.165, 1.54) is 5.56 Å². The largest absolute Gasteiger partial charge is 0.378 e. The molecule has 0 N–H and O–H groups in total. The molecule has 2 saturated heterocycles. The van der Waals surface area contributed by atoms with Gasteiger partial charge in [-0.15, -0.1) is 0 Å². The number of rotatable bonds is 1. The summed E-state index contributed by atoms with van der Waals surface area (Å²) in [6.07, 6.45) is -0.0400. The van der Waals surface area contributed by atoms with Crippen molar-refractivity contribution in [2.75, 3.05) is 39.5 Å². The van der Waals surface area contributed by atoms with Crippen LogP contribution in [0, 0.1) is 6.92 Å². The zero-order valence-electron chi connectivity index (χ0n) is 13.3. The van der Waals surface area contributed by atoms with Crippen molar-refractivity contribution >= 4 is 6.03 Å². The molecule has 0 bridgehead atoms. The highest BCUT2D eigenvalue weighted by molar-refractivity contribution is 5.75. The van der Waals surface area contributed by atoms with Crippen molar-refractivity contribution in [2.45, 2.75) is 26.0 Å². The fourth-order valence-electron chi connectivity index (χ4n) is 2.94. The van der Waals surface area contributed by atoms with E-state index in [1.807, 2.05) is 16.7 Å².